The van der Waals surface area contributed by atoms with Gasteiger partial charge in [0, 0.05) is 18.9 Å². The number of nitrogens with zero attached hydrogens (tertiary/aromatic N) is 3. The van der Waals surface area contributed by atoms with Gasteiger partial charge in [-0.15, -0.1) is 0 Å². The van der Waals surface area contributed by atoms with Crippen LogP contribution in [0.3, 0.4) is 0 Å². The Balaban J connectivity index is 1.80. The third kappa shape index (κ3) is 18.4. The molecule has 0 aromatic carbocycles. The van der Waals surface area contributed by atoms with E-state index in [1.807, 2.05) is 0 Å². The van der Waals surface area contributed by atoms with Crippen LogP contribution in [0.4, 0.5) is 10.7 Å². The second-order valence-corrected chi connectivity index (χ2v) is 15.1. The fourth-order valence-electron chi connectivity index (χ4n) is 5.88. The molecule has 0 saturated carbocycles. The second-order valence-electron chi connectivity index (χ2n) is 15.1. The summed E-state index contributed by atoms with van der Waals surface area (Å²) in [4.78, 5) is 61.2. The normalized spacial score (nSPS) is 12.9. The summed E-state index contributed by atoms with van der Waals surface area (Å²) in [6.45, 7) is 11.4. The van der Waals surface area contributed by atoms with Crippen LogP contribution in [0.25, 0.3) is 11.2 Å². The molecule has 2 heterocycles. The predicted octanol–water partition coefficient (Wildman–Crippen LogP) is 7.61. The van der Waals surface area contributed by atoms with Crippen LogP contribution in [0.2, 0.25) is 0 Å². The summed E-state index contributed by atoms with van der Waals surface area (Å²) < 4.78 is 18.2. The van der Waals surface area contributed by atoms with Gasteiger partial charge in [0.2, 0.25) is 5.95 Å². The SMILES string of the molecule is CCCCCCCCCCCCCCCCCC(=O)OCCC(COC(=O)[C@@H](NC(=O)OC(C)(C)C)C(C)C)Cn1cnc2c(=O)[nH]c(N)nc21. The molecule has 1 unspecified atom stereocenters. The number of aromatic amines is 1. The lowest BCUT2D eigenvalue weighted by molar-refractivity contribution is -0.150. The zero-order valence-electron chi connectivity index (χ0n) is 32.2. The fourth-order valence-corrected chi connectivity index (χ4v) is 5.88. The number of rotatable bonds is 26. The van der Waals surface area contributed by atoms with E-state index >= 15 is 0 Å². The standard InChI is InChI=1S/C38H66N6O7/c1-7-8-9-10-11-12-13-14-15-16-17-18-19-20-21-22-30(45)49-24-23-29(25-44-27-40-32-33(44)42-36(39)43-34(32)46)26-50-35(47)31(28(2)3)41-37(48)51-38(4,5)6/h27-29,31H,7-26H2,1-6H3,(H,41,48)(H3,39,42,43,46)/t29?,31-/m0/s1. The van der Waals surface area contributed by atoms with Gasteiger partial charge in [-0.05, 0) is 39.5 Å². The molecule has 0 spiro atoms. The Morgan fingerprint density at radius 3 is 2.02 bits per heavy atom. The zero-order chi connectivity index (χ0) is 37.6. The lowest BCUT2D eigenvalue weighted by atomic mass is 10.0. The molecule has 0 aliphatic carbocycles. The Kier molecular flexibility index (Phi) is 20.3. The average Bonchev–Trinajstić information content (AvgIpc) is 3.45. The van der Waals surface area contributed by atoms with E-state index in [0.717, 1.165) is 19.3 Å². The molecule has 2 atom stereocenters. The lowest BCUT2D eigenvalue weighted by Crippen LogP contribution is -2.47. The van der Waals surface area contributed by atoms with Crippen molar-refractivity contribution < 1.29 is 28.6 Å². The van der Waals surface area contributed by atoms with Crippen molar-refractivity contribution in [3.05, 3.63) is 16.7 Å². The van der Waals surface area contributed by atoms with Gasteiger partial charge >= 0.3 is 18.0 Å². The number of H-pyrrole nitrogens is 1. The predicted molar refractivity (Wildman–Crippen MR) is 200 cm³/mol. The van der Waals surface area contributed by atoms with E-state index in [0.29, 0.717) is 18.5 Å². The van der Waals surface area contributed by atoms with Crippen molar-refractivity contribution >= 4 is 35.1 Å². The number of carbonyl (C=O) groups excluding carboxylic acids is 3. The highest BCUT2D eigenvalue weighted by molar-refractivity contribution is 5.81. The van der Waals surface area contributed by atoms with Crippen LogP contribution in [0, 0.1) is 11.8 Å². The number of aromatic nitrogens is 4. The highest BCUT2D eigenvalue weighted by Crippen LogP contribution is 2.17. The van der Waals surface area contributed by atoms with Gasteiger partial charge in [0.05, 0.1) is 19.5 Å². The molecule has 4 N–H and O–H groups in total. The van der Waals surface area contributed by atoms with E-state index < -0.39 is 29.3 Å². The molecule has 0 aliphatic heterocycles. The Morgan fingerprint density at radius 2 is 1.47 bits per heavy atom. The number of hydrogen-bond donors (Lipinski definition) is 3. The van der Waals surface area contributed by atoms with Gasteiger partial charge in [-0.3, -0.25) is 14.6 Å². The largest absolute Gasteiger partial charge is 0.466 e. The molecule has 2 aromatic rings. The summed E-state index contributed by atoms with van der Waals surface area (Å²) >= 11 is 0. The van der Waals surface area contributed by atoms with E-state index in [4.69, 9.17) is 19.9 Å². The van der Waals surface area contributed by atoms with Crippen LogP contribution in [0.15, 0.2) is 11.1 Å². The molecule has 2 aromatic heterocycles. The second kappa shape index (κ2) is 23.8. The number of carbonyl (C=O) groups is 3. The van der Waals surface area contributed by atoms with Crippen LogP contribution in [-0.2, 0) is 30.3 Å². The van der Waals surface area contributed by atoms with E-state index in [-0.39, 0.29) is 49.0 Å². The van der Waals surface area contributed by atoms with Gasteiger partial charge in [-0.25, -0.2) is 14.6 Å². The number of amides is 1. The number of fused-ring (bicyclic) bond motifs is 1. The topological polar surface area (TPSA) is 181 Å². The van der Waals surface area contributed by atoms with Crippen molar-refractivity contribution in [1.29, 1.82) is 0 Å². The quantitative estimate of drug-likeness (QED) is 0.0498. The molecule has 0 saturated heterocycles. The molecular formula is C38H66N6O7. The van der Waals surface area contributed by atoms with Gasteiger partial charge in [0.25, 0.3) is 5.56 Å². The molecule has 0 radical (unpaired) electrons. The summed E-state index contributed by atoms with van der Waals surface area (Å²) in [5.41, 5.74) is 5.02. The minimum atomic E-state index is -0.928. The minimum absolute atomic E-state index is 0.0347. The number of anilines is 1. The van der Waals surface area contributed by atoms with Crippen LogP contribution in [-0.4, -0.2) is 62.4 Å². The van der Waals surface area contributed by atoms with Crippen LogP contribution in [0.5, 0.6) is 0 Å². The molecule has 0 fully saturated rings. The first-order valence-corrected chi connectivity index (χ1v) is 19.3. The number of imidazole rings is 1. The van der Waals surface area contributed by atoms with E-state index in [9.17, 15) is 19.2 Å². The van der Waals surface area contributed by atoms with Crippen LogP contribution < -0.4 is 16.6 Å². The lowest BCUT2D eigenvalue weighted by Gasteiger charge is -2.25. The molecule has 0 bridgehead atoms. The number of nitrogens with two attached hydrogens (primary N) is 1. The maximum atomic E-state index is 13.1. The molecule has 290 valence electrons. The number of alkyl carbamates (subject to hydrolysis) is 1. The summed E-state index contributed by atoms with van der Waals surface area (Å²) in [6, 6.07) is -0.928. The smallest absolute Gasteiger partial charge is 0.408 e. The third-order valence-electron chi connectivity index (χ3n) is 8.78. The van der Waals surface area contributed by atoms with Crippen molar-refractivity contribution in [2.75, 3.05) is 18.9 Å². The van der Waals surface area contributed by atoms with Crippen molar-refractivity contribution in [1.82, 2.24) is 24.8 Å². The maximum Gasteiger partial charge on any atom is 0.408 e. The molecular weight excluding hydrogens is 652 g/mol. The van der Waals surface area contributed by atoms with Gasteiger partial charge in [0.15, 0.2) is 11.2 Å². The summed E-state index contributed by atoms with van der Waals surface area (Å²) in [5, 5.41) is 2.61. The number of esters is 2. The van der Waals surface area contributed by atoms with E-state index in [2.05, 4.69) is 27.2 Å². The Labute approximate surface area is 304 Å². The Bertz CT molecular complexity index is 1370. The van der Waals surface area contributed by atoms with E-state index in [1.54, 1.807) is 39.2 Å². The molecule has 0 aliphatic rings. The zero-order valence-corrected chi connectivity index (χ0v) is 32.2. The molecule has 13 nitrogen and oxygen atoms in total. The number of nitrogens with one attached hydrogen (secondary N) is 2. The van der Waals surface area contributed by atoms with Gasteiger partial charge in [0.1, 0.15) is 11.6 Å². The van der Waals surface area contributed by atoms with Crippen molar-refractivity contribution in [3.8, 4) is 0 Å². The maximum absolute atomic E-state index is 13.1. The molecule has 13 heteroatoms. The molecule has 2 rings (SSSR count). The highest BCUT2D eigenvalue weighted by atomic mass is 16.6. The first kappa shape index (κ1) is 43.5. The number of nitrogen functional groups attached to an aromatic ring is 1. The summed E-state index contributed by atoms with van der Waals surface area (Å²) in [5.74, 6) is -1.50. The van der Waals surface area contributed by atoms with Gasteiger partial charge in [-0.2, -0.15) is 4.98 Å². The first-order chi connectivity index (χ1) is 24.3. The van der Waals surface area contributed by atoms with Crippen LogP contribution in [0.1, 0.15) is 151 Å². The van der Waals surface area contributed by atoms with Crippen molar-refractivity contribution in [3.63, 3.8) is 0 Å². The average molecular weight is 719 g/mol. The summed E-state index contributed by atoms with van der Waals surface area (Å²) in [7, 11) is 0. The minimum Gasteiger partial charge on any atom is -0.466 e. The Morgan fingerprint density at radius 1 is 0.902 bits per heavy atom. The Hall–Kier alpha value is -3.64. The number of hydrogen-bond acceptors (Lipinski definition) is 10. The molecule has 1 amide bonds. The first-order valence-electron chi connectivity index (χ1n) is 19.3. The van der Waals surface area contributed by atoms with Crippen LogP contribution >= 0.6 is 0 Å². The van der Waals surface area contributed by atoms with Gasteiger partial charge < -0.3 is 29.8 Å². The van der Waals surface area contributed by atoms with Crippen molar-refractivity contribution in [2.24, 2.45) is 11.8 Å². The molecule has 51 heavy (non-hydrogen) atoms. The number of unbranched alkanes of at least 4 members (excludes halogenated alkanes) is 14. The third-order valence-corrected chi connectivity index (χ3v) is 8.78. The van der Waals surface area contributed by atoms with Crippen molar-refractivity contribution in [2.45, 2.75) is 169 Å². The summed E-state index contributed by atoms with van der Waals surface area (Å²) in [6.07, 6.45) is 20.4. The monoisotopic (exact) mass is 718 g/mol. The van der Waals surface area contributed by atoms with E-state index in [1.165, 1.54) is 83.4 Å². The number of ether oxygens (including phenoxy) is 3. The van der Waals surface area contributed by atoms with Gasteiger partial charge in [-0.1, -0.05) is 111 Å². The fraction of sp³-hybridized carbons (Fsp3) is 0.789. The highest BCUT2D eigenvalue weighted by Gasteiger charge is 2.29.